The normalized spacial score (nSPS) is 10.6. The van der Waals surface area contributed by atoms with Crippen LogP contribution in [0, 0.1) is 13.8 Å². The Morgan fingerprint density at radius 3 is 2.76 bits per heavy atom. The first-order valence-corrected chi connectivity index (χ1v) is 8.32. The third kappa shape index (κ3) is 4.53. The summed E-state index contributed by atoms with van der Waals surface area (Å²) in [6, 6.07) is 16.0. The van der Waals surface area contributed by atoms with E-state index in [2.05, 4.69) is 21.5 Å². The fraction of sp³-hybridized carbons (Fsp3) is 0.250. The highest BCUT2D eigenvalue weighted by atomic mass is 16.5. The van der Waals surface area contributed by atoms with Crippen LogP contribution in [0.15, 0.2) is 53.1 Å². The van der Waals surface area contributed by atoms with E-state index in [1.807, 2.05) is 56.3 Å². The van der Waals surface area contributed by atoms with Gasteiger partial charge in [0.25, 0.3) is 0 Å². The summed E-state index contributed by atoms with van der Waals surface area (Å²) in [5.41, 5.74) is 4.31. The van der Waals surface area contributed by atoms with Gasteiger partial charge in [-0.3, -0.25) is 4.79 Å². The van der Waals surface area contributed by atoms with Gasteiger partial charge in [0.1, 0.15) is 0 Å². The van der Waals surface area contributed by atoms with Gasteiger partial charge in [-0.05, 0) is 25.0 Å². The zero-order valence-electron chi connectivity index (χ0n) is 14.5. The highest BCUT2D eigenvalue weighted by molar-refractivity contribution is 5.76. The molecule has 5 nitrogen and oxygen atoms in total. The lowest BCUT2D eigenvalue weighted by Gasteiger charge is -2.05. The molecule has 0 aliphatic carbocycles. The summed E-state index contributed by atoms with van der Waals surface area (Å²) in [6.07, 6.45) is 0.750. The summed E-state index contributed by atoms with van der Waals surface area (Å²) in [4.78, 5) is 16.4. The van der Waals surface area contributed by atoms with E-state index >= 15 is 0 Å². The van der Waals surface area contributed by atoms with Gasteiger partial charge < -0.3 is 9.84 Å². The number of aryl methyl sites for hydroxylation is 3. The second-order valence-electron chi connectivity index (χ2n) is 6.09. The minimum Gasteiger partial charge on any atom is -0.352 e. The van der Waals surface area contributed by atoms with Crippen LogP contribution in [0.2, 0.25) is 0 Å². The molecule has 1 heterocycles. The molecule has 0 saturated heterocycles. The van der Waals surface area contributed by atoms with Crippen molar-refractivity contribution in [1.82, 2.24) is 15.5 Å². The molecule has 1 amide bonds. The molecule has 1 aromatic heterocycles. The number of aromatic nitrogens is 2. The number of nitrogens with one attached hydrogen (secondary N) is 1. The Morgan fingerprint density at radius 1 is 1.12 bits per heavy atom. The van der Waals surface area contributed by atoms with Crippen molar-refractivity contribution in [3.05, 3.63) is 71.1 Å². The smallest absolute Gasteiger partial charge is 0.227 e. The van der Waals surface area contributed by atoms with Gasteiger partial charge in [0, 0.05) is 24.9 Å². The van der Waals surface area contributed by atoms with E-state index in [0.29, 0.717) is 31.1 Å². The van der Waals surface area contributed by atoms with Gasteiger partial charge in [-0.15, -0.1) is 0 Å². The van der Waals surface area contributed by atoms with Gasteiger partial charge in [0.15, 0.2) is 0 Å². The van der Waals surface area contributed by atoms with Gasteiger partial charge in [0.05, 0.1) is 0 Å². The predicted octanol–water partition coefficient (Wildman–Crippen LogP) is 3.60. The minimum absolute atomic E-state index is 0.0304. The van der Waals surface area contributed by atoms with Gasteiger partial charge in [-0.2, -0.15) is 4.98 Å². The van der Waals surface area contributed by atoms with Crippen molar-refractivity contribution >= 4 is 5.91 Å². The molecular formula is C20H21N3O2. The molecule has 0 aliphatic rings. The Labute approximate surface area is 147 Å². The molecule has 25 heavy (non-hydrogen) atoms. The average molecular weight is 335 g/mol. The second kappa shape index (κ2) is 7.75. The van der Waals surface area contributed by atoms with Crippen molar-refractivity contribution in [2.45, 2.75) is 33.2 Å². The van der Waals surface area contributed by atoms with Crippen molar-refractivity contribution in [3.63, 3.8) is 0 Å². The molecule has 5 heteroatoms. The van der Waals surface area contributed by atoms with E-state index in [1.165, 1.54) is 5.56 Å². The Morgan fingerprint density at radius 2 is 1.96 bits per heavy atom. The number of rotatable bonds is 6. The van der Waals surface area contributed by atoms with Crippen molar-refractivity contribution < 1.29 is 9.32 Å². The van der Waals surface area contributed by atoms with Crippen molar-refractivity contribution in [3.8, 4) is 11.4 Å². The van der Waals surface area contributed by atoms with Crippen LogP contribution in [0.4, 0.5) is 0 Å². The summed E-state index contributed by atoms with van der Waals surface area (Å²) >= 11 is 0. The molecule has 3 rings (SSSR count). The lowest BCUT2D eigenvalue weighted by Crippen LogP contribution is -2.23. The number of hydrogen-bond donors (Lipinski definition) is 1. The van der Waals surface area contributed by atoms with Crippen LogP contribution in [0.25, 0.3) is 11.4 Å². The summed E-state index contributed by atoms with van der Waals surface area (Å²) in [5.74, 6) is 1.01. The molecule has 128 valence electrons. The van der Waals surface area contributed by atoms with Crippen LogP contribution in [-0.4, -0.2) is 16.0 Å². The molecule has 0 fully saturated rings. The van der Waals surface area contributed by atoms with Gasteiger partial charge in [0.2, 0.25) is 17.6 Å². The van der Waals surface area contributed by atoms with Crippen LogP contribution < -0.4 is 5.32 Å². The third-order valence-corrected chi connectivity index (χ3v) is 3.99. The first kappa shape index (κ1) is 16.9. The maximum absolute atomic E-state index is 12.0. The predicted molar refractivity (Wildman–Crippen MR) is 95.8 cm³/mol. The molecular weight excluding hydrogens is 314 g/mol. The van der Waals surface area contributed by atoms with Gasteiger partial charge >= 0.3 is 0 Å². The fourth-order valence-electron chi connectivity index (χ4n) is 2.62. The van der Waals surface area contributed by atoms with E-state index in [0.717, 1.165) is 16.7 Å². The SMILES string of the molecule is Cc1cccc(CNC(=O)CCc2nc(-c3ccccc3C)no2)c1. The molecule has 0 unspecified atom stereocenters. The van der Waals surface area contributed by atoms with Crippen LogP contribution in [0.1, 0.15) is 29.0 Å². The number of carbonyl (C=O) groups excluding carboxylic acids is 1. The molecule has 0 spiro atoms. The van der Waals surface area contributed by atoms with Crippen LogP contribution >= 0.6 is 0 Å². The Kier molecular flexibility index (Phi) is 5.23. The molecule has 1 N–H and O–H groups in total. The highest BCUT2D eigenvalue weighted by Crippen LogP contribution is 2.20. The zero-order valence-corrected chi connectivity index (χ0v) is 14.5. The summed E-state index contributed by atoms with van der Waals surface area (Å²) in [7, 11) is 0. The van der Waals surface area contributed by atoms with Gasteiger partial charge in [-0.1, -0.05) is 59.3 Å². The first-order valence-electron chi connectivity index (χ1n) is 8.32. The van der Waals surface area contributed by atoms with Crippen molar-refractivity contribution in [2.24, 2.45) is 0 Å². The molecule has 3 aromatic rings. The standard InChI is InChI=1S/C20H21N3O2/c1-14-6-5-8-16(12-14)13-21-18(24)10-11-19-22-20(23-25-19)17-9-4-3-7-15(17)2/h3-9,12H,10-11,13H2,1-2H3,(H,21,24). The number of benzene rings is 2. The van der Waals surface area contributed by atoms with E-state index in [1.54, 1.807) is 0 Å². The Balaban J connectivity index is 1.52. The van der Waals surface area contributed by atoms with E-state index < -0.39 is 0 Å². The molecule has 0 atom stereocenters. The summed E-state index contributed by atoms with van der Waals surface area (Å²) in [6.45, 7) is 4.57. The van der Waals surface area contributed by atoms with Gasteiger partial charge in [-0.25, -0.2) is 0 Å². The number of hydrogen-bond acceptors (Lipinski definition) is 4. The topological polar surface area (TPSA) is 68.0 Å². The van der Waals surface area contributed by atoms with E-state index in [9.17, 15) is 4.79 Å². The number of nitrogens with zero attached hydrogens (tertiary/aromatic N) is 2. The molecule has 0 saturated carbocycles. The monoisotopic (exact) mass is 335 g/mol. The first-order chi connectivity index (χ1) is 12.1. The molecule has 0 aliphatic heterocycles. The zero-order chi connectivity index (χ0) is 17.6. The molecule has 2 aromatic carbocycles. The maximum Gasteiger partial charge on any atom is 0.227 e. The fourth-order valence-corrected chi connectivity index (χ4v) is 2.62. The lowest BCUT2D eigenvalue weighted by molar-refractivity contribution is -0.121. The van der Waals surface area contributed by atoms with Crippen molar-refractivity contribution in [1.29, 1.82) is 0 Å². The van der Waals surface area contributed by atoms with E-state index in [-0.39, 0.29) is 5.91 Å². The Bertz CT molecular complexity index is 871. The quantitative estimate of drug-likeness (QED) is 0.747. The number of amides is 1. The third-order valence-electron chi connectivity index (χ3n) is 3.99. The minimum atomic E-state index is -0.0304. The largest absolute Gasteiger partial charge is 0.352 e. The van der Waals surface area contributed by atoms with Crippen LogP contribution in [-0.2, 0) is 17.8 Å². The van der Waals surface area contributed by atoms with E-state index in [4.69, 9.17) is 4.52 Å². The average Bonchev–Trinajstić information content (AvgIpc) is 3.07. The maximum atomic E-state index is 12.0. The van der Waals surface area contributed by atoms with Crippen LogP contribution in [0.5, 0.6) is 0 Å². The lowest BCUT2D eigenvalue weighted by atomic mass is 10.1. The van der Waals surface area contributed by atoms with Crippen molar-refractivity contribution in [2.75, 3.05) is 0 Å². The second-order valence-corrected chi connectivity index (χ2v) is 6.09. The van der Waals surface area contributed by atoms with Crippen LogP contribution in [0.3, 0.4) is 0 Å². The summed E-state index contributed by atoms with van der Waals surface area (Å²) < 4.78 is 5.26. The summed E-state index contributed by atoms with van der Waals surface area (Å²) in [5, 5.41) is 6.93. The highest BCUT2D eigenvalue weighted by Gasteiger charge is 2.12. The number of carbonyl (C=O) groups is 1. The Hall–Kier alpha value is -2.95. The molecule has 0 radical (unpaired) electrons. The molecule has 0 bridgehead atoms.